The van der Waals surface area contributed by atoms with Crippen LogP contribution >= 0.6 is 0 Å². The fourth-order valence-corrected chi connectivity index (χ4v) is 4.86. The summed E-state index contributed by atoms with van der Waals surface area (Å²) in [6.07, 6.45) is 2.98. The van der Waals surface area contributed by atoms with Crippen molar-refractivity contribution in [2.75, 3.05) is 36.5 Å². The van der Waals surface area contributed by atoms with Gasteiger partial charge in [0.15, 0.2) is 6.61 Å². The molecule has 3 N–H and O–H groups in total. The lowest BCUT2D eigenvalue weighted by Crippen LogP contribution is -2.34. The topological polar surface area (TPSA) is 114 Å². The van der Waals surface area contributed by atoms with E-state index in [9.17, 15) is 18.7 Å². The van der Waals surface area contributed by atoms with Gasteiger partial charge in [-0.3, -0.25) is 9.78 Å². The van der Waals surface area contributed by atoms with Crippen LogP contribution in [-0.4, -0.2) is 53.3 Å². The van der Waals surface area contributed by atoms with Crippen molar-refractivity contribution < 1.29 is 23.0 Å². The molecule has 11 heteroatoms. The number of aliphatic hydroxyl groups is 1. The Kier molecular flexibility index (Phi) is 8.65. The first-order valence-electron chi connectivity index (χ1n) is 12.9. The number of halogens is 3. The van der Waals surface area contributed by atoms with Gasteiger partial charge in [0, 0.05) is 38.0 Å². The highest BCUT2D eigenvalue weighted by Crippen LogP contribution is 2.39. The summed E-state index contributed by atoms with van der Waals surface area (Å²) in [6, 6.07) is 4.42. The van der Waals surface area contributed by atoms with E-state index < -0.39 is 30.2 Å². The van der Waals surface area contributed by atoms with Crippen LogP contribution in [0.3, 0.4) is 0 Å². The van der Waals surface area contributed by atoms with E-state index in [4.69, 9.17) is 10.00 Å². The molecule has 0 radical (unpaired) electrons. The number of ether oxygens (including phenoxy) is 1. The number of nitrogens with one attached hydrogen (secondary N) is 2. The molecule has 0 fully saturated rings. The quantitative estimate of drug-likeness (QED) is 0.468. The summed E-state index contributed by atoms with van der Waals surface area (Å²) in [6.45, 7) is 5.47. The number of hydrogen-bond donors (Lipinski definition) is 3. The number of nitriles is 1. The van der Waals surface area contributed by atoms with Crippen LogP contribution in [-0.2, 0) is 12.8 Å². The fourth-order valence-electron chi connectivity index (χ4n) is 4.86. The number of alkyl halides is 2. The highest BCUT2D eigenvalue weighted by Gasteiger charge is 2.35. The number of hydrogen-bond acceptors (Lipinski definition) is 7. The van der Waals surface area contributed by atoms with Crippen molar-refractivity contribution in [3.05, 3.63) is 69.3 Å². The number of anilines is 2. The molecule has 3 heterocycles. The largest absolute Gasteiger partial charge is 0.479 e. The van der Waals surface area contributed by atoms with Crippen LogP contribution in [0.15, 0.2) is 41.2 Å². The minimum Gasteiger partial charge on any atom is -0.479 e. The average molecular weight is 544 g/mol. The number of allylic oxidation sites excluding steroid dienone is 2. The molecule has 2 aromatic rings. The third-order valence-corrected chi connectivity index (χ3v) is 7.10. The number of benzene rings is 1. The monoisotopic (exact) mass is 543 g/mol. The van der Waals surface area contributed by atoms with Gasteiger partial charge in [-0.15, -0.1) is 0 Å². The molecule has 8 nitrogen and oxygen atoms in total. The number of rotatable bonds is 6. The molecule has 0 bridgehead atoms. The molecular formula is C28H32F3N5O3. The maximum absolute atomic E-state index is 15.5. The highest BCUT2D eigenvalue weighted by atomic mass is 19.3. The van der Waals surface area contributed by atoms with Crippen molar-refractivity contribution in [3.8, 4) is 11.8 Å². The third kappa shape index (κ3) is 6.63. The summed E-state index contributed by atoms with van der Waals surface area (Å²) in [5.41, 5.74) is 0.458. The molecule has 1 aromatic heterocycles. The van der Waals surface area contributed by atoms with Gasteiger partial charge in [-0.25, -0.2) is 13.2 Å². The zero-order valence-electron chi connectivity index (χ0n) is 21.8. The Morgan fingerprint density at radius 1 is 1.31 bits per heavy atom. The Hall–Kier alpha value is -3.78. The first-order chi connectivity index (χ1) is 18.6. The van der Waals surface area contributed by atoms with Gasteiger partial charge < -0.3 is 20.1 Å². The average Bonchev–Trinajstić information content (AvgIpc) is 2.92. The van der Waals surface area contributed by atoms with Crippen LogP contribution in [0.4, 0.5) is 24.9 Å². The summed E-state index contributed by atoms with van der Waals surface area (Å²) in [7, 11) is 0. The van der Waals surface area contributed by atoms with E-state index in [1.165, 1.54) is 25.1 Å². The minimum atomic E-state index is -3.25. The summed E-state index contributed by atoms with van der Waals surface area (Å²) in [4.78, 5) is 21.9. The second-order valence-corrected chi connectivity index (χ2v) is 9.94. The molecule has 0 saturated heterocycles. The van der Waals surface area contributed by atoms with Gasteiger partial charge in [0.2, 0.25) is 5.95 Å². The van der Waals surface area contributed by atoms with Crippen molar-refractivity contribution in [1.82, 2.24) is 9.97 Å². The molecule has 4 rings (SSSR count). The van der Waals surface area contributed by atoms with Gasteiger partial charge in [-0.2, -0.15) is 10.2 Å². The summed E-state index contributed by atoms with van der Waals surface area (Å²) < 4.78 is 50.6. The number of fused-ring (bicyclic) bond motifs is 2. The Bertz CT molecular complexity index is 1350. The second-order valence-electron chi connectivity index (χ2n) is 9.94. The maximum atomic E-state index is 15.5. The van der Waals surface area contributed by atoms with Gasteiger partial charge in [-0.05, 0) is 55.4 Å². The summed E-state index contributed by atoms with van der Waals surface area (Å²) in [5, 5.41) is 22.7. The van der Waals surface area contributed by atoms with Gasteiger partial charge in [0.25, 0.3) is 11.5 Å². The van der Waals surface area contributed by atoms with Crippen molar-refractivity contribution in [3.63, 3.8) is 0 Å². The van der Waals surface area contributed by atoms with E-state index in [0.29, 0.717) is 24.3 Å². The summed E-state index contributed by atoms with van der Waals surface area (Å²) >= 11 is 0. The number of H-pyrrole nitrogens is 1. The zero-order valence-corrected chi connectivity index (χ0v) is 21.8. The molecule has 2 atom stereocenters. The molecule has 0 aliphatic carbocycles. The Morgan fingerprint density at radius 2 is 2.10 bits per heavy atom. The van der Waals surface area contributed by atoms with Crippen molar-refractivity contribution in [2.24, 2.45) is 0 Å². The molecule has 0 saturated carbocycles. The van der Waals surface area contributed by atoms with Crippen LogP contribution in [0.2, 0.25) is 0 Å². The van der Waals surface area contributed by atoms with E-state index >= 15 is 4.39 Å². The number of aliphatic hydroxyl groups excluding tert-OH is 1. The molecule has 1 aromatic carbocycles. The van der Waals surface area contributed by atoms with E-state index in [1.54, 1.807) is 4.90 Å². The van der Waals surface area contributed by atoms with Crippen LogP contribution in [0.5, 0.6) is 5.75 Å². The smallest absolute Gasteiger partial charge is 0.269 e. The van der Waals surface area contributed by atoms with Gasteiger partial charge >= 0.3 is 0 Å². The van der Waals surface area contributed by atoms with Gasteiger partial charge in [-0.1, -0.05) is 18.7 Å². The Balaban J connectivity index is 1.76. The Labute approximate surface area is 224 Å². The number of nitrogens with zero attached hydrogens (tertiary/aromatic N) is 3. The standard InChI is InChI=1S/C28H32F3N5O3/c1-17(2)28(30,31)16-18-5-6-19(37)7-11-36(27-34-25-22(26(38)35-27)4-3-10-33-25)12-8-21-23(18)14-20(15-24(21)29)39-13-9-32/h5-6,14-15,18-19,37H,1,3-4,7-8,10-13,16H2,2H3,(H2,33,34,35,38)/b6-5+. The molecule has 2 aliphatic rings. The lowest BCUT2D eigenvalue weighted by atomic mass is 9.85. The van der Waals surface area contributed by atoms with Gasteiger partial charge in [0.05, 0.1) is 11.7 Å². The molecule has 2 aliphatic heterocycles. The molecule has 2 unspecified atom stereocenters. The summed E-state index contributed by atoms with van der Waals surface area (Å²) in [5.74, 6) is -4.05. The van der Waals surface area contributed by atoms with Crippen LogP contribution in [0.25, 0.3) is 0 Å². The molecule has 39 heavy (non-hydrogen) atoms. The normalized spacial score (nSPS) is 20.5. The van der Waals surface area contributed by atoms with E-state index in [1.807, 2.05) is 6.07 Å². The molecule has 0 amide bonds. The number of aromatic nitrogens is 2. The Morgan fingerprint density at radius 3 is 2.85 bits per heavy atom. The lowest BCUT2D eigenvalue weighted by molar-refractivity contribution is 0.0290. The van der Waals surface area contributed by atoms with E-state index in [0.717, 1.165) is 12.5 Å². The maximum Gasteiger partial charge on any atom is 0.269 e. The third-order valence-electron chi connectivity index (χ3n) is 7.10. The lowest BCUT2D eigenvalue weighted by Gasteiger charge is -2.27. The van der Waals surface area contributed by atoms with Crippen LogP contribution in [0, 0.1) is 17.1 Å². The van der Waals surface area contributed by atoms with E-state index in [2.05, 4.69) is 21.9 Å². The minimum absolute atomic E-state index is 0.0453. The zero-order chi connectivity index (χ0) is 28.2. The fraction of sp³-hybridized carbons (Fsp3) is 0.464. The van der Waals surface area contributed by atoms with E-state index in [-0.39, 0.29) is 66.5 Å². The molecule has 208 valence electrons. The van der Waals surface area contributed by atoms with Crippen molar-refractivity contribution in [1.29, 1.82) is 5.26 Å². The van der Waals surface area contributed by atoms with Crippen molar-refractivity contribution >= 4 is 11.8 Å². The van der Waals surface area contributed by atoms with Crippen LogP contribution in [0.1, 0.15) is 48.8 Å². The highest BCUT2D eigenvalue weighted by molar-refractivity contribution is 5.50. The number of aromatic amines is 1. The van der Waals surface area contributed by atoms with Crippen molar-refractivity contribution in [2.45, 2.75) is 57.0 Å². The SMILES string of the molecule is C=C(C)C(F)(F)CC1/C=C/C(O)CCN(c2nc3c(c(=O)[nH]2)CCCN3)CCc2c(F)cc(OCC#N)cc21. The predicted octanol–water partition coefficient (Wildman–Crippen LogP) is 4.22. The molecular weight excluding hydrogens is 511 g/mol. The van der Waals surface area contributed by atoms with Crippen LogP contribution < -0.4 is 20.5 Å². The first-order valence-corrected chi connectivity index (χ1v) is 12.9. The molecule has 0 spiro atoms. The second kappa shape index (κ2) is 11.9. The predicted molar refractivity (Wildman–Crippen MR) is 142 cm³/mol. The first kappa shape index (κ1) is 28.2. The van der Waals surface area contributed by atoms with Gasteiger partial charge in [0.1, 0.15) is 23.5 Å².